The van der Waals surface area contributed by atoms with Crippen LogP contribution in [-0.4, -0.2) is 33.6 Å². The number of carbonyl (C=O) groups is 2. The number of hydrogen-bond acceptors (Lipinski definition) is 5. The molecule has 2 aromatic heterocycles. The number of para-hydroxylation sites is 1. The van der Waals surface area contributed by atoms with E-state index >= 15 is 0 Å². The first kappa shape index (κ1) is 21.8. The first-order chi connectivity index (χ1) is 14.6. The molecule has 0 saturated carbocycles. The molecule has 8 nitrogen and oxygen atoms in total. The summed E-state index contributed by atoms with van der Waals surface area (Å²) in [5, 5.41) is 11.4. The number of alkyl halides is 3. The van der Waals surface area contributed by atoms with Crippen molar-refractivity contribution in [1.29, 1.82) is 0 Å². The second-order valence-electron chi connectivity index (χ2n) is 6.62. The van der Waals surface area contributed by atoms with Crippen LogP contribution < -0.4 is 16.0 Å². The number of nitrogens with zero attached hydrogens (tertiary/aromatic N) is 3. The molecule has 0 saturated heterocycles. The highest BCUT2D eigenvalue weighted by Crippen LogP contribution is 2.32. The molecule has 0 aliphatic carbocycles. The van der Waals surface area contributed by atoms with Gasteiger partial charge in [-0.2, -0.15) is 18.3 Å². The molecular weight excluding hydrogens is 413 g/mol. The fourth-order valence-electron chi connectivity index (χ4n) is 2.90. The van der Waals surface area contributed by atoms with Crippen LogP contribution in [0.3, 0.4) is 0 Å². The average Bonchev–Trinajstić information content (AvgIpc) is 3.12. The number of aromatic nitrogens is 3. The maximum absolute atomic E-state index is 13.4. The van der Waals surface area contributed by atoms with Crippen molar-refractivity contribution < 1.29 is 22.8 Å². The lowest BCUT2D eigenvalue weighted by Crippen LogP contribution is -2.22. The quantitative estimate of drug-likeness (QED) is 0.573. The molecule has 162 valence electrons. The third-order valence-electron chi connectivity index (χ3n) is 4.48. The second-order valence-corrected chi connectivity index (χ2v) is 6.62. The number of nitrogens with one attached hydrogen (secondary N) is 3. The minimum atomic E-state index is -4.78. The Morgan fingerprint density at radius 2 is 1.77 bits per heavy atom. The maximum Gasteiger partial charge on any atom is 0.433 e. The molecule has 0 atom stereocenters. The number of rotatable bonds is 5. The van der Waals surface area contributed by atoms with E-state index in [4.69, 9.17) is 0 Å². The molecule has 3 rings (SSSR count). The summed E-state index contributed by atoms with van der Waals surface area (Å²) >= 11 is 0. The van der Waals surface area contributed by atoms with Crippen LogP contribution >= 0.6 is 0 Å². The van der Waals surface area contributed by atoms with E-state index in [0.717, 1.165) is 18.8 Å². The fraction of sp³-hybridized carbons (Fsp3) is 0.200. The number of amides is 2. The summed E-state index contributed by atoms with van der Waals surface area (Å²) in [6, 6.07) is 8.58. The van der Waals surface area contributed by atoms with Crippen molar-refractivity contribution in [3.05, 3.63) is 65.1 Å². The van der Waals surface area contributed by atoms with Gasteiger partial charge >= 0.3 is 6.18 Å². The smallest absolute Gasteiger partial charge is 0.355 e. The molecule has 2 heterocycles. The zero-order valence-electron chi connectivity index (χ0n) is 16.8. The van der Waals surface area contributed by atoms with Gasteiger partial charge in [-0.1, -0.05) is 18.2 Å². The van der Waals surface area contributed by atoms with Crippen LogP contribution in [0.5, 0.6) is 0 Å². The molecule has 0 aliphatic rings. The molecule has 1 aromatic carbocycles. The van der Waals surface area contributed by atoms with Crippen molar-refractivity contribution in [2.24, 2.45) is 7.05 Å². The molecule has 3 N–H and O–H groups in total. The van der Waals surface area contributed by atoms with E-state index in [2.05, 4.69) is 26.0 Å². The van der Waals surface area contributed by atoms with Gasteiger partial charge in [0.2, 0.25) is 0 Å². The van der Waals surface area contributed by atoms with Gasteiger partial charge in [0.1, 0.15) is 0 Å². The topological polar surface area (TPSA) is 101 Å². The summed E-state index contributed by atoms with van der Waals surface area (Å²) in [5.74, 6) is -1.35. The van der Waals surface area contributed by atoms with Crippen LogP contribution in [0.1, 0.15) is 32.0 Å². The van der Waals surface area contributed by atoms with E-state index in [0.29, 0.717) is 10.4 Å². The van der Waals surface area contributed by atoms with Crippen molar-refractivity contribution in [3.8, 4) is 0 Å². The normalized spacial score (nSPS) is 11.2. The molecule has 11 heteroatoms. The van der Waals surface area contributed by atoms with Gasteiger partial charge in [-0.3, -0.25) is 14.3 Å². The van der Waals surface area contributed by atoms with Gasteiger partial charge in [-0.15, -0.1) is 0 Å². The summed E-state index contributed by atoms with van der Waals surface area (Å²) < 4.78 is 40.6. The minimum absolute atomic E-state index is 0.0336. The van der Waals surface area contributed by atoms with Crippen molar-refractivity contribution >= 4 is 29.0 Å². The van der Waals surface area contributed by atoms with E-state index < -0.39 is 29.2 Å². The summed E-state index contributed by atoms with van der Waals surface area (Å²) in [4.78, 5) is 28.9. The summed E-state index contributed by atoms with van der Waals surface area (Å²) in [5.41, 5.74) is -0.128. The van der Waals surface area contributed by atoms with Crippen molar-refractivity contribution in [3.63, 3.8) is 0 Å². The zero-order chi connectivity index (χ0) is 22.8. The van der Waals surface area contributed by atoms with E-state index in [1.54, 1.807) is 12.1 Å². The van der Waals surface area contributed by atoms with Crippen LogP contribution in [0, 0.1) is 6.92 Å². The summed E-state index contributed by atoms with van der Waals surface area (Å²) in [7, 11) is 2.52. The van der Waals surface area contributed by atoms with Crippen LogP contribution in [0.4, 0.5) is 30.4 Å². The number of aryl methyl sites for hydroxylation is 2. The Kier molecular flexibility index (Phi) is 5.95. The van der Waals surface area contributed by atoms with Gasteiger partial charge in [0.05, 0.1) is 23.0 Å². The van der Waals surface area contributed by atoms with Crippen LogP contribution in [0.2, 0.25) is 0 Å². The van der Waals surface area contributed by atoms with Gasteiger partial charge in [-0.25, -0.2) is 4.98 Å². The van der Waals surface area contributed by atoms with Crippen LogP contribution in [0.15, 0.2) is 42.7 Å². The summed E-state index contributed by atoms with van der Waals surface area (Å²) in [6.45, 7) is 1.85. The predicted octanol–water partition coefficient (Wildman–Crippen LogP) is 3.50. The number of hydrogen-bond donors (Lipinski definition) is 3. The molecule has 0 fully saturated rings. The van der Waals surface area contributed by atoms with Crippen molar-refractivity contribution in [1.82, 2.24) is 20.1 Å². The highest BCUT2D eigenvalue weighted by atomic mass is 19.4. The van der Waals surface area contributed by atoms with Crippen molar-refractivity contribution in [2.75, 3.05) is 17.7 Å². The highest BCUT2D eigenvalue weighted by Gasteiger charge is 2.39. The van der Waals surface area contributed by atoms with Gasteiger partial charge in [-0.05, 0) is 24.6 Å². The van der Waals surface area contributed by atoms with Gasteiger partial charge in [0, 0.05) is 26.0 Å². The number of benzene rings is 1. The standard InChI is InChI=1S/C20H19F3N6O2/c1-11-6-4-5-7-14(11)27-17-15(8-12(9-25-17)18(30)24-2)28-19(31)13-10-26-29(3)16(13)20(21,22)23/h4-10H,1-3H3,(H,24,30)(H,25,27)(H,28,31). The molecule has 0 unspecified atom stereocenters. The number of carbonyl (C=O) groups excluding carboxylic acids is 2. The van der Waals surface area contributed by atoms with E-state index in [1.807, 2.05) is 19.1 Å². The Labute approximate surface area is 175 Å². The molecule has 31 heavy (non-hydrogen) atoms. The number of pyridine rings is 1. The SMILES string of the molecule is CNC(=O)c1cnc(Nc2ccccc2C)c(NC(=O)c2cnn(C)c2C(F)(F)F)c1. The molecule has 3 aromatic rings. The number of halogens is 3. The maximum atomic E-state index is 13.4. The lowest BCUT2D eigenvalue weighted by atomic mass is 10.1. The third-order valence-corrected chi connectivity index (χ3v) is 4.48. The highest BCUT2D eigenvalue weighted by molar-refractivity contribution is 6.07. The Hall–Kier alpha value is -3.89. The Balaban J connectivity index is 2.01. The average molecular weight is 432 g/mol. The molecular formula is C20H19F3N6O2. The predicted molar refractivity (Wildman–Crippen MR) is 108 cm³/mol. The molecule has 0 aliphatic heterocycles. The first-order valence-corrected chi connectivity index (χ1v) is 9.07. The number of anilines is 3. The minimum Gasteiger partial charge on any atom is -0.355 e. The van der Waals surface area contributed by atoms with Crippen LogP contribution in [-0.2, 0) is 13.2 Å². The van der Waals surface area contributed by atoms with Gasteiger partial charge in [0.25, 0.3) is 11.8 Å². The third kappa shape index (κ3) is 4.65. The first-order valence-electron chi connectivity index (χ1n) is 9.07. The van der Waals surface area contributed by atoms with Crippen LogP contribution in [0.25, 0.3) is 0 Å². The largest absolute Gasteiger partial charge is 0.433 e. The Morgan fingerprint density at radius 1 is 1.06 bits per heavy atom. The molecule has 2 amide bonds. The summed E-state index contributed by atoms with van der Waals surface area (Å²) in [6.07, 6.45) is -2.65. The van der Waals surface area contributed by atoms with E-state index in [1.165, 1.54) is 19.3 Å². The molecule has 0 spiro atoms. The monoisotopic (exact) mass is 432 g/mol. The van der Waals surface area contributed by atoms with E-state index in [-0.39, 0.29) is 17.1 Å². The second kappa shape index (κ2) is 8.46. The molecule has 0 radical (unpaired) electrons. The lowest BCUT2D eigenvalue weighted by Gasteiger charge is -2.15. The Bertz CT molecular complexity index is 1140. The fourth-order valence-corrected chi connectivity index (χ4v) is 2.90. The molecule has 0 bridgehead atoms. The van der Waals surface area contributed by atoms with Crippen molar-refractivity contribution in [2.45, 2.75) is 13.1 Å². The van der Waals surface area contributed by atoms with E-state index in [9.17, 15) is 22.8 Å². The van der Waals surface area contributed by atoms with Gasteiger partial charge in [0.15, 0.2) is 11.5 Å². The Morgan fingerprint density at radius 3 is 2.42 bits per heavy atom. The van der Waals surface area contributed by atoms with Gasteiger partial charge < -0.3 is 16.0 Å². The zero-order valence-corrected chi connectivity index (χ0v) is 16.8. The lowest BCUT2D eigenvalue weighted by molar-refractivity contribution is -0.144.